The summed E-state index contributed by atoms with van der Waals surface area (Å²) >= 11 is 6.05. The molecule has 26 heavy (non-hydrogen) atoms. The lowest BCUT2D eigenvalue weighted by Crippen LogP contribution is -2.23. The third-order valence-corrected chi connectivity index (χ3v) is 5.19. The fourth-order valence-electron chi connectivity index (χ4n) is 2.69. The zero-order valence-corrected chi connectivity index (χ0v) is 15.0. The van der Waals surface area contributed by atoms with E-state index in [1.54, 1.807) is 24.3 Å². The summed E-state index contributed by atoms with van der Waals surface area (Å²) < 4.78 is 23.8. The quantitative estimate of drug-likeness (QED) is 0.630. The second-order valence-corrected chi connectivity index (χ2v) is 7.68. The number of amides is 1. The molecule has 7 nitrogen and oxygen atoms in total. The van der Waals surface area contributed by atoms with Crippen LogP contribution in [0.2, 0.25) is 5.02 Å². The first-order chi connectivity index (χ1) is 12.3. The maximum Gasteiger partial charge on any atom is 0.238 e. The van der Waals surface area contributed by atoms with E-state index in [-0.39, 0.29) is 28.5 Å². The van der Waals surface area contributed by atoms with Crippen molar-refractivity contribution in [2.45, 2.75) is 17.5 Å². The number of fused-ring (bicyclic) bond motifs is 1. The molecular formula is C17H16ClN3O4S. The van der Waals surface area contributed by atoms with Crippen LogP contribution in [0.1, 0.15) is 22.9 Å². The molecule has 1 aliphatic rings. The molecule has 0 bridgehead atoms. The summed E-state index contributed by atoms with van der Waals surface area (Å²) in [4.78, 5) is 12.1. The van der Waals surface area contributed by atoms with Crippen molar-refractivity contribution in [1.29, 1.82) is 0 Å². The minimum atomic E-state index is -4.05. The summed E-state index contributed by atoms with van der Waals surface area (Å²) in [5.74, 6) is -0.382. The van der Waals surface area contributed by atoms with Gasteiger partial charge in [0.15, 0.2) is 6.23 Å². The third-order valence-electron chi connectivity index (χ3n) is 3.87. The van der Waals surface area contributed by atoms with E-state index >= 15 is 0 Å². The van der Waals surface area contributed by atoms with Crippen molar-refractivity contribution in [3.63, 3.8) is 0 Å². The number of aliphatic hydroxyl groups is 1. The molecule has 0 radical (unpaired) electrons. The van der Waals surface area contributed by atoms with Crippen molar-refractivity contribution in [1.82, 2.24) is 5.32 Å². The summed E-state index contributed by atoms with van der Waals surface area (Å²) in [6.45, 7) is 0. The highest BCUT2D eigenvalue weighted by Crippen LogP contribution is 2.31. The number of carbonyl (C=O) groups excluding carboxylic acids is 1. The van der Waals surface area contributed by atoms with E-state index in [1.165, 1.54) is 24.4 Å². The van der Waals surface area contributed by atoms with Crippen molar-refractivity contribution < 1.29 is 18.3 Å². The van der Waals surface area contributed by atoms with Crippen LogP contribution in [-0.2, 0) is 21.2 Å². The smallest absolute Gasteiger partial charge is 0.238 e. The molecule has 0 spiro atoms. The van der Waals surface area contributed by atoms with Gasteiger partial charge in [0, 0.05) is 21.8 Å². The average Bonchev–Trinajstić information content (AvgIpc) is 2.56. The van der Waals surface area contributed by atoms with Gasteiger partial charge in [0.1, 0.15) is 0 Å². The zero-order chi connectivity index (χ0) is 18.9. The molecule has 1 atom stereocenters. The molecule has 1 heterocycles. The second kappa shape index (κ2) is 7.08. The van der Waals surface area contributed by atoms with E-state index in [0.717, 1.165) is 0 Å². The molecule has 136 valence electrons. The Labute approximate surface area is 155 Å². The maximum absolute atomic E-state index is 12.3. The van der Waals surface area contributed by atoms with Gasteiger partial charge >= 0.3 is 0 Å². The third kappa shape index (κ3) is 3.88. The van der Waals surface area contributed by atoms with Gasteiger partial charge in [-0.3, -0.25) is 4.79 Å². The van der Waals surface area contributed by atoms with Crippen LogP contribution in [0, 0.1) is 0 Å². The minimum absolute atomic E-state index is 0.0160. The highest BCUT2D eigenvalue weighted by molar-refractivity contribution is 7.89. The van der Waals surface area contributed by atoms with Crippen LogP contribution < -0.4 is 15.8 Å². The number of sulfonamides is 1. The number of carbonyl (C=O) groups is 1. The lowest BCUT2D eigenvalue weighted by Gasteiger charge is -2.22. The van der Waals surface area contributed by atoms with Crippen LogP contribution in [0.3, 0.4) is 0 Å². The number of nitrogens with two attached hydrogens (primary N) is 1. The number of halogens is 1. The standard InChI is InChI=1S/C17H16ClN3O4S/c18-14-4-2-1-3-10(14)7-16(22)21-11-8-13-12(5-6-20-17(13)23)15(9-11)26(19,24)25/h1-6,8-9,17,20,23H,7H2,(H,21,22)(H2,19,24,25). The molecule has 9 heteroatoms. The van der Waals surface area contributed by atoms with Gasteiger partial charge in [0.05, 0.1) is 11.3 Å². The molecule has 0 aliphatic carbocycles. The van der Waals surface area contributed by atoms with Gasteiger partial charge in [-0.2, -0.15) is 0 Å². The molecule has 0 saturated carbocycles. The Bertz CT molecular complexity index is 1010. The Kier molecular flexibility index (Phi) is 5.01. The molecule has 5 N–H and O–H groups in total. The number of hydrogen-bond acceptors (Lipinski definition) is 5. The topological polar surface area (TPSA) is 122 Å². The van der Waals surface area contributed by atoms with Crippen LogP contribution in [0.4, 0.5) is 5.69 Å². The Balaban J connectivity index is 1.93. The molecule has 1 amide bonds. The van der Waals surface area contributed by atoms with Crippen molar-refractivity contribution in [3.05, 3.63) is 64.3 Å². The van der Waals surface area contributed by atoms with Crippen LogP contribution in [-0.4, -0.2) is 19.4 Å². The number of anilines is 1. The lowest BCUT2D eigenvalue weighted by atomic mass is 10.0. The molecule has 1 aliphatic heterocycles. The normalized spacial score (nSPS) is 15.9. The fourth-order valence-corrected chi connectivity index (χ4v) is 3.68. The summed E-state index contributed by atoms with van der Waals surface area (Å²) in [6.07, 6.45) is 1.83. The Hall–Kier alpha value is -2.39. The van der Waals surface area contributed by atoms with E-state index in [2.05, 4.69) is 10.6 Å². The number of rotatable bonds is 4. The van der Waals surface area contributed by atoms with Crippen LogP contribution >= 0.6 is 11.6 Å². The van der Waals surface area contributed by atoms with Gasteiger partial charge in [0.2, 0.25) is 15.9 Å². The van der Waals surface area contributed by atoms with E-state index < -0.39 is 16.3 Å². The molecule has 0 aromatic heterocycles. The van der Waals surface area contributed by atoms with Gasteiger partial charge in [0.25, 0.3) is 0 Å². The molecule has 0 fully saturated rings. The molecule has 2 aromatic carbocycles. The van der Waals surface area contributed by atoms with Crippen LogP contribution in [0.25, 0.3) is 6.08 Å². The van der Waals surface area contributed by atoms with E-state index in [9.17, 15) is 18.3 Å². The SMILES string of the molecule is NS(=O)(=O)c1cc(NC(=O)Cc2ccccc2Cl)cc2c1C=CNC2O. The first kappa shape index (κ1) is 18.4. The molecular weight excluding hydrogens is 378 g/mol. The zero-order valence-electron chi connectivity index (χ0n) is 13.4. The number of aliphatic hydroxyl groups excluding tert-OH is 1. The summed E-state index contributed by atoms with van der Waals surface area (Å²) in [5, 5.41) is 21.1. The van der Waals surface area contributed by atoms with Crippen molar-refractivity contribution in [2.24, 2.45) is 5.14 Å². The lowest BCUT2D eigenvalue weighted by molar-refractivity contribution is -0.115. The van der Waals surface area contributed by atoms with E-state index in [1.807, 2.05) is 0 Å². The van der Waals surface area contributed by atoms with Crippen molar-refractivity contribution in [2.75, 3.05) is 5.32 Å². The Morgan fingerprint density at radius 1 is 1.31 bits per heavy atom. The second-order valence-electron chi connectivity index (χ2n) is 5.74. The number of hydrogen-bond donors (Lipinski definition) is 4. The van der Waals surface area contributed by atoms with E-state index in [4.69, 9.17) is 16.7 Å². The predicted octanol–water partition coefficient (Wildman–Crippen LogP) is 1.73. The maximum atomic E-state index is 12.3. The van der Waals surface area contributed by atoms with Gasteiger partial charge in [-0.15, -0.1) is 0 Å². The molecule has 3 rings (SSSR count). The van der Waals surface area contributed by atoms with Crippen molar-refractivity contribution in [3.8, 4) is 0 Å². The highest BCUT2D eigenvalue weighted by Gasteiger charge is 2.23. The van der Waals surface area contributed by atoms with Gasteiger partial charge < -0.3 is 15.7 Å². The number of primary sulfonamides is 1. The highest BCUT2D eigenvalue weighted by atomic mass is 35.5. The molecule has 0 saturated heterocycles. The monoisotopic (exact) mass is 393 g/mol. The van der Waals surface area contributed by atoms with E-state index in [0.29, 0.717) is 16.1 Å². The molecule has 1 unspecified atom stereocenters. The predicted molar refractivity (Wildman–Crippen MR) is 98.7 cm³/mol. The largest absolute Gasteiger partial charge is 0.369 e. The van der Waals surface area contributed by atoms with Crippen LogP contribution in [0.5, 0.6) is 0 Å². The van der Waals surface area contributed by atoms with Crippen molar-refractivity contribution >= 4 is 39.3 Å². The summed E-state index contributed by atoms with van der Waals surface area (Å²) in [6, 6.07) is 9.69. The summed E-state index contributed by atoms with van der Waals surface area (Å²) in [5.41, 5.74) is 1.43. The minimum Gasteiger partial charge on any atom is -0.369 e. The van der Waals surface area contributed by atoms with Gasteiger partial charge in [-0.25, -0.2) is 13.6 Å². The van der Waals surface area contributed by atoms with Crippen LogP contribution in [0.15, 0.2) is 47.5 Å². The van der Waals surface area contributed by atoms with Gasteiger partial charge in [-0.1, -0.05) is 29.8 Å². The molecule has 2 aromatic rings. The Morgan fingerprint density at radius 2 is 2.04 bits per heavy atom. The Morgan fingerprint density at radius 3 is 2.73 bits per heavy atom. The van der Waals surface area contributed by atoms with Gasteiger partial charge in [-0.05, 0) is 36.0 Å². The fraction of sp³-hybridized carbons (Fsp3) is 0.118. The first-order valence-electron chi connectivity index (χ1n) is 7.60. The first-order valence-corrected chi connectivity index (χ1v) is 9.53. The average molecular weight is 394 g/mol. The summed E-state index contributed by atoms with van der Waals surface area (Å²) in [7, 11) is -4.05. The number of benzene rings is 2. The number of nitrogens with one attached hydrogen (secondary N) is 2.